The highest BCUT2D eigenvalue weighted by molar-refractivity contribution is 6.11. The standard InChI is InChI=1S/C19H20N6O4/c1-3-24-11-15(16(23-24)18(27)20-13-7-5-4-6-8-13)21-17(26)14-9-10-25(22-14)12(2)19(28)29/h4-12H,3H2,1-2H3,(H,20,27)(H,21,26)(H,28,29). The van der Waals surface area contributed by atoms with Gasteiger partial charge in [0.05, 0.1) is 5.69 Å². The Morgan fingerprint density at radius 1 is 1.07 bits per heavy atom. The van der Waals surface area contributed by atoms with Crippen molar-refractivity contribution >= 4 is 29.2 Å². The Morgan fingerprint density at radius 2 is 1.79 bits per heavy atom. The molecule has 0 fully saturated rings. The monoisotopic (exact) mass is 396 g/mol. The largest absolute Gasteiger partial charge is 0.480 e. The lowest BCUT2D eigenvalue weighted by Gasteiger charge is -2.06. The summed E-state index contributed by atoms with van der Waals surface area (Å²) in [5, 5.41) is 22.6. The molecule has 0 spiro atoms. The summed E-state index contributed by atoms with van der Waals surface area (Å²) in [4.78, 5) is 36.2. The number of aliphatic carboxylic acids is 1. The van der Waals surface area contributed by atoms with Crippen molar-refractivity contribution < 1.29 is 19.5 Å². The van der Waals surface area contributed by atoms with Gasteiger partial charge in [0.1, 0.15) is 6.04 Å². The zero-order valence-electron chi connectivity index (χ0n) is 15.9. The van der Waals surface area contributed by atoms with Crippen LogP contribution < -0.4 is 10.6 Å². The number of hydrogen-bond donors (Lipinski definition) is 3. The summed E-state index contributed by atoms with van der Waals surface area (Å²) >= 11 is 0. The van der Waals surface area contributed by atoms with E-state index in [9.17, 15) is 14.4 Å². The lowest BCUT2D eigenvalue weighted by atomic mass is 10.3. The zero-order chi connectivity index (χ0) is 21.0. The molecule has 0 aliphatic carbocycles. The molecule has 3 aromatic rings. The van der Waals surface area contributed by atoms with Gasteiger partial charge in [-0.2, -0.15) is 10.2 Å². The van der Waals surface area contributed by atoms with E-state index in [0.717, 1.165) is 0 Å². The molecule has 0 aliphatic rings. The summed E-state index contributed by atoms with van der Waals surface area (Å²) in [5.74, 6) is -2.11. The summed E-state index contributed by atoms with van der Waals surface area (Å²) < 4.78 is 2.70. The Hall–Kier alpha value is -3.95. The lowest BCUT2D eigenvalue weighted by Crippen LogP contribution is -2.20. The number of carboxylic acid groups (broad SMARTS) is 1. The number of carbonyl (C=O) groups is 3. The van der Waals surface area contributed by atoms with Crippen LogP contribution in [0.15, 0.2) is 48.8 Å². The number of aromatic nitrogens is 4. The van der Waals surface area contributed by atoms with Gasteiger partial charge in [0, 0.05) is 24.6 Å². The second-order valence-corrected chi connectivity index (χ2v) is 6.22. The Bertz CT molecular complexity index is 1040. The van der Waals surface area contributed by atoms with Crippen molar-refractivity contribution in [3.05, 3.63) is 60.2 Å². The van der Waals surface area contributed by atoms with Crippen LogP contribution in [-0.4, -0.2) is 42.5 Å². The van der Waals surface area contributed by atoms with Crippen molar-refractivity contribution in [3.63, 3.8) is 0 Å². The smallest absolute Gasteiger partial charge is 0.328 e. The third-order valence-electron chi connectivity index (χ3n) is 4.18. The van der Waals surface area contributed by atoms with E-state index in [-0.39, 0.29) is 17.1 Å². The van der Waals surface area contributed by atoms with E-state index in [4.69, 9.17) is 5.11 Å². The van der Waals surface area contributed by atoms with E-state index in [1.54, 1.807) is 30.5 Å². The first kappa shape index (κ1) is 19.8. The van der Waals surface area contributed by atoms with E-state index in [0.29, 0.717) is 12.2 Å². The average Bonchev–Trinajstić information content (AvgIpc) is 3.35. The van der Waals surface area contributed by atoms with Gasteiger partial charge in [0.15, 0.2) is 11.4 Å². The molecule has 0 aliphatic heterocycles. The number of amides is 2. The van der Waals surface area contributed by atoms with E-state index >= 15 is 0 Å². The van der Waals surface area contributed by atoms with Crippen LogP contribution in [0.25, 0.3) is 0 Å². The van der Waals surface area contributed by atoms with Crippen molar-refractivity contribution in [1.29, 1.82) is 0 Å². The van der Waals surface area contributed by atoms with Gasteiger partial charge in [-0.25, -0.2) is 4.79 Å². The second kappa shape index (κ2) is 8.38. The van der Waals surface area contributed by atoms with Gasteiger partial charge < -0.3 is 15.7 Å². The third-order valence-corrected chi connectivity index (χ3v) is 4.18. The summed E-state index contributed by atoms with van der Waals surface area (Å²) in [5.41, 5.74) is 0.910. The van der Waals surface area contributed by atoms with Crippen molar-refractivity contribution in [2.24, 2.45) is 0 Å². The minimum absolute atomic E-state index is 0.0248. The SMILES string of the molecule is CCn1cc(NC(=O)c2ccn(C(C)C(=O)O)n2)c(C(=O)Nc2ccccc2)n1. The van der Waals surface area contributed by atoms with Crippen molar-refractivity contribution in [2.45, 2.75) is 26.4 Å². The Labute approximate surface area is 166 Å². The summed E-state index contributed by atoms with van der Waals surface area (Å²) in [6, 6.07) is 9.38. The third kappa shape index (κ3) is 4.49. The van der Waals surface area contributed by atoms with Crippen LogP contribution in [0.4, 0.5) is 11.4 Å². The van der Waals surface area contributed by atoms with Gasteiger partial charge in [-0.15, -0.1) is 0 Å². The molecular weight excluding hydrogens is 376 g/mol. The molecule has 0 saturated heterocycles. The van der Waals surface area contributed by atoms with E-state index in [1.165, 1.54) is 28.6 Å². The zero-order valence-corrected chi connectivity index (χ0v) is 15.9. The number of carbonyl (C=O) groups excluding carboxylic acids is 2. The molecule has 1 aromatic carbocycles. The van der Waals surface area contributed by atoms with E-state index in [1.807, 2.05) is 13.0 Å². The molecule has 150 valence electrons. The number of rotatable bonds is 7. The second-order valence-electron chi connectivity index (χ2n) is 6.22. The van der Waals surface area contributed by atoms with Crippen LogP contribution in [0.5, 0.6) is 0 Å². The van der Waals surface area contributed by atoms with Gasteiger partial charge in [-0.1, -0.05) is 18.2 Å². The molecule has 2 amide bonds. The number of carboxylic acids is 1. The number of nitrogens with one attached hydrogen (secondary N) is 2. The Balaban J connectivity index is 1.80. The maximum Gasteiger partial charge on any atom is 0.328 e. The molecule has 3 N–H and O–H groups in total. The number of aryl methyl sites for hydroxylation is 1. The Kier molecular flexibility index (Phi) is 5.72. The fourth-order valence-corrected chi connectivity index (χ4v) is 2.53. The molecule has 3 rings (SSSR count). The summed E-state index contributed by atoms with van der Waals surface area (Å²) in [6.07, 6.45) is 2.96. The normalized spacial score (nSPS) is 11.7. The van der Waals surface area contributed by atoms with Gasteiger partial charge >= 0.3 is 5.97 Å². The molecule has 1 unspecified atom stereocenters. The summed E-state index contributed by atoms with van der Waals surface area (Å²) in [6.45, 7) is 3.81. The first-order chi connectivity index (χ1) is 13.9. The molecule has 2 heterocycles. The maximum absolute atomic E-state index is 12.6. The van der Waals surface area contributed by atoms with Crippen LogP contribution in [0.2, 0.25) is 0 Å². The predicted octanol–water partition coefficient (Wildman–Crippen LogP) is 2.25. The lowest BCUT2D eigenvalue weighted by molar-refractivity contribution is -0.140. The minimum atomic E-state index is -1.07. The predicted molar refractivity (Wildman–Crippen MR) is 105 cm³/mol. The van der Waals surface area contributed by atoms with E-state index in [2.05, 4.69) is 20.8 Å². The molecule has 10 heteroatoms. The van der Waals surface area contributed by atoms with Crippen molar-refractivity contribution in [3.8, 4) is 0 Å². The molecule has 29 heavy (non-hydrogen) atoms. The quantitative estimate of drug-likeness (QED) is 0.561. The van der Waals surface area contributed by atoms with Gasteiger partial charge in [0.25, 0.3) is 11.8 Å². The number of benzene rings is 1. The number of hydrogen-bond acceptors (Lipinski definition) is 5. The average molecular weight is 396 g/mol. The molecule has 0 bridgehead atoms. The first-order valence-corrected chi connectivity index (χ1v) is 8.92. The minimum Gasteiger partial charge on any atom is -0.480 e. The fraction of sp³-hybridized carbons (Fsp3) is 0.211. The molecular formula is C19H20N6O4. The molecule has 1 atom stereocenters. The maximum atomic E-state index is 12.6. The number of anilines is 2. The van der Waals surface area contributed by atoms with Gasteiger partial charge in [0.2, 0.25) is 0 Å². The highest BCUT2D eigenvalue weighted by Crippen LogP contribution is 2.18. The van der Waals surface area contributed by atoms with Gasteiger partial charge in [-0.05, 0) is 32.0 Å². The van der Waals surface area contributed by atoms with Crippen molar-refractivity contribution in [2.75, 3.05) is 10.6 Å². The first-order valence-electron chi connectivity index (χ1n) is 8.92. The number of para-hydroxylation sites is 1. The molecule has 2 aromatic heterocycles. The topological polar surface area (TPSA) is 131 Å². The highest BCUT2D eigenvalue weighted by Gasteiger charge is 2.21. The Morgan fingerprint density at radius 3 is 2.45 bits per heavy atom. The van der Waals surface area contributed by atoms with Crippen LogP contribution >= 0.6 is 0 Å². The van der Waals surface area contributed by atoms with E-state index < -0.39 is 23.8 Å². The fourth-order valence-electron chi connectivity index (χ4n) is 2.53. The van der Waals surface area contributed by atoms with Crippen LogP contribution in [0.1, 0.15) is 40.9 Å². The van der Waals surface area contributed by atoms with Crippen LogP contribution in [-0.2, 0) is 11.3 Å². The van der Waals surface area contributed by atoms with Crippen LogP contribution in [0.3, 0.4) is 0 Å². The van der Waals surface area contributed by atoms with Crippen LogP contribution in [0, 0.1) is 0 Å². The van der Waals surface area contributed by atoms with Gasteiger partial charge in [-0.3, -0.25) is 19.0 Å². The molecule has 0 saturated carbocycles. The number of nitrogens with zero attached hydrogens (tertiary/aromatic N) is 4. The highest BCUT2D eigenvalue weighted by atomic mass is 16.4. The molecule has 0 radical (unpaired) electrons. The summed E-state index contributed by atoms with van der Waals surface area (Å²) in [7, 11) is 0. The van der Waals surface area contributed by atoms with Crippen molar-refractivity contribution in [1.82, 2.24) is 19.6 Å². The molecule has 10 nitrogen and oxygen atoms in total.